The summed E-state index contributed by atoms with van der Waals surface area (Å²) in [6, 6.07) is 8.07. The monoisotopic (exact) mass is 245 g/mol. The first-order valence-electron chi connectivity index (χ1n) is 6.23. The molecule has 0 aromatic carbocycles. The van der Waals surface area contributed by atoms with Gasteiger partial charge in [0.15, 0.2) is 0 Å². The second kappa shape index (κ2) is 6.28. The molecule has 96 valence electrons. The van der Waals surface area contributed by atoms with Crippen LogP contribution >= 0.6 is 0 Å². The number of aryl methyl sites for hydroxylation is 2. The highest BCUT2D eigenvalue weighted by atomic mass is 15.3. The predicted octanol–water partition coefficient (Wildman–Crippen LogP) is 1.44. The molecule has 2 aromatic rings. The van der Waals surface area contributed by atoms with E-state index in [1.165, 1.54) is 0 Å². The number of hydrogen-bond acceptors (Lipinski definition) is 4. The van der Waals surface area contributed by atoms with Crippen molar-refractivity contribution in [2.45, 2.75) is 32.4 Å². The van der Waals surface area contributed by atoms with E-state index < -0.39 is 0 Å². The molecule has 0 fully saturated rings. The number of pyridine rings is 1. The molecule has 0 radical (unpaired) electrons. The van der Waals surface area contributed by atoms with Crippen LogP contribution in [0.1, 0.15) is 30.8 Å². The number of hydrogen-bond donors (Lipinski definition) is 2. The van der Waals surface area contributed by atoms with Crippen molar-refractivity contribution in [3.63, 3.8) is 0 Å². The molecule has 0 saturated carbocycles. The molecular formula is C13H19N5. The van der Waals surface area contributed by atoms with E-state index in [1.807, 2.05) is 41.3 Å². The van der Waals surface area contributed by atoms with Crippen LogP contribution in [0.2, 0.25) is 0 Å². The van der Waals surface area contributed by atoms with E-state index in [0.717, 1.165) is 30.8 Å². The third kappa shape index (κ3) is 2.94. The summed E-state index contributed by atoms with van der Waals surface area (Å²) in [5.41, 5.74) is 5.07. The maximum absolute atomic E-state index is 5.64. The van der Waals surface area contributed by atoms with Gasteiger partial charge in [-0.25, -0.2) is 0 Å². The van der Waals surface area contributed by atoms with Gasteiger partial charge in [0.05, 0.1) is 11.7 Å². The van der Waals surface area contributed by atoms with Crippen molar-refractivity contribution in [2.24, 2.45) is 5.84 Å². The summed E-state index contributed by atoms with van der Waals surface area (Å²) in [4.78, 5) is 4.32. The topological polar surface area (TPSA) is 68.8 Å². The molecule has 2 aromatic heterocycles. The molecule has 18 heavy (non-hydrogen) atoms. The maximum atomic E-state index is 5.64. The molecule has 0 saturated heterocycles. The number of nitrogens with two attached hydrogens (primary N) is 1. The summed E-state index contributed by atoms with van der Waals surface area (Å²) in [5, 5.41) is 4.26. The van der Waals surface area contributed by atoms with Gasteiger partial charge in [0.2, 0.25) is 0 Å². The highest BCUT2D eigenvalue weighted by Gasteiger charge is 2.14. The van der Waals surface area contributed by atoms with E-state index in [9.17, 15) is 0 Å². The quantitative estimate of drug-likeness (QED) is 0.597. The molecule has 0 aliphatic carbocycles. The summed E-state index contributed by atoms with van der Waals surface area (Å²) in [6.45, 7) is 2.92. The first-order valence-corrected chi connectivity index (χ1v) is 6.23. The van der Waals surface area contributed by atoms with Crippen molar-refractivity contribution in [1.29, 1.82) is 0 Å². The molecule has 1 unspecified atom stereocenters. The van der Waals surface area contributed by atoms with Crippen LogP contribution in [0.25, 0.3) is 0 Å². The lowest BCUT2D eigenvalue weighted by molar-refractivity contribution is 0.465. The van der Waals surface area contributed by atoms with E-state index in [-0.39, 0.29) is 6.04 Å². The number of aromatic nitrogens is 3. The molecule has 2 rings (SSSR count). The Hall–Kier alpha value is -1.72. The fraction of sp³-hybridized carbons (Fsp3) is 0.385. The minimum Gasteiger partial charge on any atom is -0.271 e. The van der Waals surface area contributed by atoms with Crippen LogP contribution in [0, 0.1) is 0 Å². The Morgan fingerprint density at radius 1 is 1.33 bits per heavy atom. The van der Waals surface area contributed by atoms with Crippen LogP contribution in [-0.4, -0.2) is 14.8 Å². The predicted molar refractivity (Wildman–Crippen MR) is 70.5 cm³/mol. The van der Waals surface area contributed by atoms with Crippen molar-refractivity contribution in [1.82, 2.24) is 20.2 Å². The molecule has 0 spiro atoms. The number of rotatable bonds is 6. The normalized spacial score (nSPS) is 12.6. The Bertz CT molecular complexity index is 465. The highest BCUT2D eigenvalue weighted by molar-refractivity contribution is 5.09. The van der Waals surface area contributed by atoms with Crippen LogP contribution in [0.15, 0.2) is 36.7 Å². The standard InChI is InChI=1S/C13H19N5/c1-2-18-13(8-10-16-18)12(17-14)7-6-11-5-3-4-9-15-11/h3-5,8-10,12,17H,2,6-7,14H2,1H3. The first-order chi connectivity index (χ1) is 8.85. The van der Waals surface area contributed by atoms with E-state index >= 15 is 0 Å². The third-order valence-electron chi connectivity index (χ3n) is 3.02. The lowest BCUT2D eigenvalue weighted by Crippen LogP contribution is -2.30. The SMILES string of the molecule is CCn1nccc1C(CCc1ccccn1)NN. The minimum absolute atomic E-state index is 0.106. The number of nitrogens with one attached hydrogen (secondary N) is 1. The lowest BCUT2D eigenvalue weighted by atomic mass is 10.1. The summed E-state index contributed by atoms with van der Waals surface area (Å²) in [5.74, 6) is 5.64. The van der Waals surface area contributed by atoms with Crippen molar-refractivity contribution in [3.05, 3.63) is 48.0 Å². The molecule has 5 nitrogen and oxygen atoms in total. The summed E-state index contributed by atoms with van der Waals surface area (Å²) in [6.07, 6.45) is 5.42. The third-order valence-corrected chi connectivity index (χ3v) is 3.02. The van der Waals surface area contributed by atoms with Gasteiger partial charge < -0.3 is 0 Å². The van der Waals surface area contributed by atoms with Crippen LogP contribution in [0.3, 0.4) is 0 Å². The smallest absolute Gasteiger partial charge is 0.0632 e. The average Bonchev–Trinajstić information content (AvgIpc) is 2.89. The Balaban J connectivity index is 2.02. The summed E-state index contributed by atoms with van der Waals surface area (Å²) in [7, 11) is 0. The second-order valence-corrected chi connectivity index (χ2v) is 4.15. The van der Waals surface area contributed by atoms with Gasteiger partial charge in [0.25, 0.3) is 0 Å². The van der Waals surface area contributed by atoms with Crippen molar-refractivity contribution >= 4 is 0 Å². The molecule has 1 atom stereocenters. The summed E-state index contributed by atoms with van der Waals surface area (Å²) >= 11 is 0. The van der Waals surface area contributed by atoms with Gasteiger partial charge in [-0.1, -0.05) is 6.07 Å². The van der Waals surface area contributed by atoms with Crippen molar-refractivity contribution in [2.75, 3.05) is 0 Å². The fourth-order valence-corrected chi connectivity index (χ4v) is 2.06. The second-order valence-electron chi connectivity index (χ2n) is 4.15. The van der Waals surface area contributed by atoms with Crippen LogP contribution < -0.4 is 11.3 Å². The molecule has 0 aliphatic heterocycles. The Morgan fingerprint density at radius 3 is 2.89 bits per heavy atom. The van der Waals surface area contributed by atoms with E-state index in [0.29, 0.717) is 0 Å². The Morgan fingerprint density at radius 2 is 2.22 bits per heavy atom. The first kappa shape index (κ1) is 12.7. The molecule has 0 bridgehead atoms. The van der Waals surface area contributed by atoms with Gasteiger partial charge in [-0.2, -0.15) is 5.10 Å². The van der Waals surface area contributed by atoms with Crippen LogP contribution in [0.4, 0.5) is 0 Å². The zero-order valence-electron chi connectivity index (χ0n) is 10.6. The van der Waals surface area contributed by atoms with Crippen molar-refractivity contribution < 1.29 is 0 Å². The average molecular weight is 245 g/mol. The molecule has 2 heterocycles. The maximum Gasteiger partial charge on any atom is 0.0632 e. The van der Waals surface area contributed by atoms with E-state index in [4.69, 9.17) is 5.84 Å². The lowest BCUT2D eigenvalue weighted by Gasteiger charge is -2.16. The zero-order chi connectivity index (χ0) is 12.8. The molecule has 0 amide bonds. The zero-order valence-corrected chi connectivity index (χ0v) is 10.6. The van der Waals surface area contributed by atoms with Gasteiger partial charge in [0, 0.05) is 24.6 Å². The summed E-state index contributed by atoms with van der Waals surface area (Å²) < 4.78 is 1.96. The molecule has 0 aliphatic rings. The van der Waals surface area contributed by atoms with Gasteiger partial charge in [0.1, 0.15) is 0 Å². The largest absolute Gasteiger partial charge is 0.271 e. The molecule has 3 N–H and O–H groups in total. The number of hydrazine groups is 1. The minimum atomic E-state index is 0.106. The fourth-order valence-electron chi connectivity index (χ4n) is 2.06. The van der Waals surface area contributed by atoms with E-state index in [1.54, 1.807) is 0 Å². The number of nitrogens with zero attached hydrogens (tertiary/aromatic N) is 3. The molecule has 5 heteroatoms. The van der Waals surface area contributed by atoms with Gasteiger partial charge in [-0.05, 0) is 38.0 Å². The highest BCUT2D eigenvalue weighted by Crippen LogP contribution is 2.17. The Kier molecular flexibility index (Phi) is 4.44. The van der Waals surface area contributed by atoms with Crippen LogP contribution in [0.5, 0.6) is 0 Å². The van der Waals surface area contributed by atoms with Gasteiger partial charge >= 0.3 is 0 Å². The van der Waals surface area contributed by atoms with E-state index in [2.05, 4.69) is 22.4 Å². The Labute approximate surface area is 107 Å². The molecular weight excluding hydrogens is 226 g/mol. The van der Waals surface area contributed by atoms with Gasteiger partial charge in [-0.15, -0.1) is 0 Å². The van der Waals surface area contributed by atoms with Gasteiger partial charge in [-0.3, -0.25) is 20.9 Å². The van der Waals surface area contributed by atoms with Crippen molar-refractivity contribution in [3.8, 4) is 0 Å². The van der Waals surface area contributed by atoms with Crippen LogP contribution in [-0.2, 0) is 13.0 Å².